The molecule has 17 heavy (non-hydrogen) atoms. The minimum absolute atomic E-state index is 0.0433. The van der Waals surface area contributed by atoms with E-state index >= 15 is 0 Å². The summed E-state index contributed by atoms with van der Waals surface area (Å²) in [6.07, 6.45) is -0.398. The molecule has 0 bridgehead atoms. The Kier molecular flexibility index (Phi) is 4.31. The highest BCUT2D eigenvalue weighted by atomic mass is 35.5. The largest absolute Gasteiger partial charge is 0.502 e. The smallest absolute Gasteiger partial charge is 0.307 e. The summed E-state index contributed by atoms with van der Waals surface area (Å²) >= 11 is 11.8. The first-order valence-corrected chi connectivity index (χ1v) is 5.22. The fourth-order valence-electron chi connectivity index (χ4n) is 1.36. The Bertz CT molecular complexity index is 427. The lowest BCUT2D eigenvalue weighted by atomic mass is 10.1. The molecule has 94 valence electrons. The molecule has 5 nitrogen and oxygen atoms in total. The van der Waals surface area contributed by atoms with Crippen molar-refractivity contribution in [3.8, 4) is 17.2 Å². The molecule has 0 aliphatic heterocycles. The number of methoxy groups -OCH3 is 2. The molecule has 0 aromatic heterocycles. The molecule has 0 radical (unpaired) electrons. The number of carboxylic acid groups (broad SMARTS) is 1. The molecule has 7 heteroatoms. The number of benzene rings is 1. The van der Waals surface area contributed by atoms with Gasteiger partial charge in [0.05, 0.1) is 30.7 Å². The van der Waals surface area contributed by atoms with E-state index in [9.17, 15) is 9.90 Å². The average Bonchev–Trinajstić information content (AvgIpc) is 2.25. The second kappa shape index (κ2) is 5.33. The minimum Gasteiger partial charge on any atom is -0.502 e. The van der Waals surface area contributed by atoms with Crippen molar-refractivity contribution in [2.24, 2.45) is 0 Å². The first-order chi connectivity index (χ1) is 7.93. The van der Waals surface area contributed by atoms with Crippen LogP contribution in [0, 0.1) is 0 Å². The Morgan fingerprint density at radius 3 is 1.88 bits per heavy atom. The minimum atomic E-state index is -1.11. The van der Waals surface area contributed by atoms with Crippen LogP contribution < -0.4 is 9.47 Å². The second-order valence-electron chi connectivity index (χ2n) is 3.09. The molecule has 0 spiro atoms. The zero-order valence-electron chi connectivity index (χ0n) is 9.08. The van der Waals surface area contributed by atoms with Gasteiger partial charge in [-0.25, -0.2) is 0 Å². The van der Waals surface area contributed by atoms with Crippen LogP contribution in [-0.2, 0) is 11.2 Å². The summed E-state index contributed by atoms with van der Waals surface area (Å²) < 4.78 is 9.76. The summed E-state index contributed by atoms with van der Waals surface area (Å²) in [4.78, 5) is 10.7. The van der Waals surface area contributed by atoms with Gasteiger partial charge in [0, 0.05) is 5.56 Å². The molecule has 0 atom stereocenters. The number of hydrogen-bond acceptors (Lipinski definition) is 4. The Hall–Kier alpha value is -1.33. The molecule has 0 heterocycles. The predicted octanol–water partition coefficient (Wildman–Crippen LogP) is 2.34. The van der Waals surface area contributed by atoms with Gasteiger partial charge in [0.25, 0.3) is 0 Å². The lowest BCUT2D eigenvalue weighted by Gasteiger charge is -2.15. The summed E-state index contributed by atoms with van der Waals surface area (Å²) in [6.45, 7) is 0. The van der Waals surface area contributed by atoms with Crippen molar-refractivity contribution in [2.75, 3.05) is 14.2 Å². The summed E-state index contributed by atoms with van der Waals surface area (Å²) in [5, 5.41) is 18.4. The topological polar surface area (TPSA) is 76.0 Å². The number of phenolic OH excluding ortho intramolecular Hbond substituents is 1. The van der Waals surface area contributed by atoms with E-state index < -0.39 is 12.4 Å². The van der Waals surface area contributed by atoms with Gasteiger partial charge >= 0.3 is 5.97 Å². The van der Waals surface area contributed by atoms with Gasteiger partial charge in [-0.2, -0.15) is 0 Å². The Balaban J connectivity index is 3.53. The van der Waals surface area contributed by atoms with Gasteiger partial charge < -0.3 is 19.7 Å². The van der Waals surface area contributed by atoms with Crippen LogP contribution in [0.3, 0.4) is 0 Å². The zero-order chi connectivity index (χ0) is 13.2. The molecule has 0 saturated carbocycles. The van der Waals surface area contributed by atoms with Crippen LogP contribution in [0.1, 0.15) is 5.56 Å². The number of halogens is 2. The van der Waals surface area contributed by atoms with E-state index in [4.69, 9.17) is 37.8 Å². The SMILES string of the molecule is COc1c(O)c(OC)c(Cl)c(CC(=O)O)c1Cl. The Morgan fingerprint density at radius 2 is 1.59 bits per heavy atom. The van der Waals surface area contributed by atoms with Gasteiger partial charge in [-0.15, -0.1) is 0 Å². The third-order valence-corrected chi connectivity index (χ3v) is 2.89. The lowest BCUT2D eigenvalue weighted by Crippen LogP contribution is -2.04. The van der Waals surface area contributed by atoms with Crippen molar-refractivity contribution < 1.29 is 24.5 Å². The van der Waals surface area contributed by atoms with Gasteiger partial charge in [-0.05, 0) is 0 Å². The molecular weight excluding hydrogens is 271 g/mol. The fraction of sp³-hybridized carbons (Fsp3) is 0.300. The van der Waals surface area contributed by atoms with Crippen LogP contribution >= 0.6 is 23.2 Å². The van der Waals surface area contributed by atoms with Crippen molar-refractivity contribution in [1.29, 1.82) is 0 Å². The maximum atomic E-state index is 10.7. The highest BCUT2D eigenvalue weighted by molar-refractivity contribution is 6.38. The number of phenols is 1. The summed E-state index contributed by atoms with van der Waals surface area (Å²) in [6, 6.07) is 0. The van der Waals surface area contributed by atoms with E-state index in [1.54, 1.807) is 0 Å². The summed E-state index contributed by atoms with van der Waals surface area (Å²) in [5.41, 5.74) is 0.132. The van der Waals surface area contributed by atoms with Crippen LogP contribution in [0.2, 0.25) is 10.0 Å². The molecule has 0 aliphatic carbocycles. The van der Waals surface area contributed by atoms with Crippen molar-refractivity contribution in [1.82, 2.24) is 0 Å². The summed E-state index contributed by atoms with van der Waals surface area (Å²) in [5.74, 6) is -1.60. The lowest BCUT2D eigenvalue weighted by molar-refractivity contribution is -0.136. The zero-order valence-corrected chi connectivity index (χ0v) is 10.6. The van der Waals surface area contributed by atoms with Gasteiger partial charge in [0.1, 0.15) is 0 Å². The van der Waals surface area contributed by atoms with Crippen molar-refractivity contribution in [3.05, 3.63) is 15.6 Å². The molecule has 0 aliphatic rings. The monoisotopic (exact) mass is 280 g/mol. The molecule has 0 amide bonds. The average molecular weight is 281 g/mol. The second-order valence-corrected chi connectivity index (χ2v) is 3.85. The number of carbonyl (C=O) groups is 1. The van der Waals surface area contributed by atoms with Crippen LogP contribution in [0.4, 0.5) is 0 Å². The Labute approximate surface area is 107 Å². The van der Waals surface area contributed by atoms with E-state index in [-0.39, 0.29) is 32.9 Å². The third-order valence-electron chi connectivity index (χ3n) is 2.10. The van der Waals surface area contributed by atoms with E-state index in [1.165, 1.54) is 14.2 Å². The number of aromatic hydroxyl groups is 1. The molecular formula is C10H10Cl2O5. The van der Waals surface area contributed by atoms with Crippen LogP contribution in [0.25, 0.3) is 0 Å². The fourth-order valence-corrected chi connectivity index (χ4v) is 2.06. The first kappa shape index (κ1) is 13.7. The standard InChI is InChI=1S/C10H10Cl2O5/c1-16-9-6(11)4(3-5(13)14)7(12)10(17-2)8(9)15/h15H,3H2,1-2H3,(H,13,14). The van der Waals surface area contributed by atoms with E-state index in [0.29, 0.717) is 0 Å². The van der Waals surface area contributed by atoms with E-state index in [0.717, 1.165) is 0 Å². The normalized spacial score (nSPS) is 10.1. The third kappa shape index (κ3) is 2.50. The number of ether oxygens (including phenoxy) is 2. The van der Waals surface area contributed by atoms with Crippen molar-refractivity contribution >= 4 is 29.2 Å². The molecule has 0 fully saturated rings. The van der Waals surface area contributed by atoms with Crippen LogP contribution in [-0.4, -0.2) is 30.4 Å². The highest BCUT2D eigenvalue weighted by Gasteiger charge is 2.24. The van der Waals surface area contributed by atoms with Crippen molar-refractivity contribution in [3.63, 3.8) is 0 Å². The highest BCUT2D eigenvalue weighted by Crippen LogP contribution is 2.49. The van der Waals surface area contributed by atoms with Gasteiger partial charge in [-0.1, -0.05) is 23.2 Å². The molecule has 1 aromatic carbocycles. The number of rotatable bonds is 4. The van der Waals surface area contributed by atoms with E-state index in [2.05, 4.69) is 0 Å². The van der Waals surface area contributed by atoms with Crippen LogP contribution in [0.5, 0.6) is 17.2 Å². The van der Waals surface area contributed by atoms with Gasteiger partial charge in [-0.3, -0.25) is 4.79 Å². The van der Waals surface area contributed by atoms with Crippen LogP contribution in [0.15, 0.2) is 0 Å². The molecule has 2 N–H and O–H groups in total. The molecule has 1 aromatic rings. The molecule has 1 rings (SSSR count). The van der Waals surface area contributed by atoms with Gasteiger partial charge in [0.2, 0.25) is 5.75 Å². The maximum absolute atomic E-state index is 10.7. The number of hydrogen-bond donors (Lipinski definition) is 2. The molecule has 0 saturated heterocycles. The maximum Gasteiger partial charge on any atom is 0.307 e. The summed E-state index contributed by atoms with van der Waals surface area (Å²) in [7, 11) is 2.58. The first-order valence-electron chi connectivity index (χ1n) is 4.46. The van der Waals surface area contributed by atoms with E-state index in [1.807, 2.05) is 0 Å². The number of carboxylic acids is 1. The predicted molar refractivity (Wildman–Crippen MR) is 62.6 cm³/mol. The Morgan fingerprint density at radius 1 is 1.18 bits per heavy atom. The molecule has 0 unspecified atom stereocenters. The number of aliphatic carboxylic acids is 1. The van der Waals surface area contributed by atoms with Crippen molar-refractivity contribution in [2.45, 2.75) is 6.42 Å². The van der Waals surface area contributed by atoms with Gasteiger partial charge in [0.15, 0.2) is 11.5 Å². The quantitative estimate of drug-likeness (QED) is 0.885.